The summed E-state index contributed by atoms with van der Waals surface area (Å²) >= 11 is 6.09. The molecule has 1 unspecified atom stereocenters. The van der Waals surface area contributed by atoms with Crippen molar-refractivity contribution in [3.05, 3.63) is 89.4 Å². The maximum absolute atomic E-state index is 13.8. The molecule has 2 aliphatic rings. The second-order valence-electron chi connectivity index (χ2n) is 10.6. The molecule has 2 amide bonds. The van der Waals surface area contributed by atoms with Gasteiger partial charge in [-0.3, -0.25) is 9.59 Å². The predicted octanol–water partition coefficient (Wildman–Crippen LogP) is 2.35. The van der Waals surface area contributed by atoms with Gasteiger partial charge in [0.25, 0.3) is 5.91 Å². The van der Waals surface area contributed by atoms with E-state index in [9.17, 15) is 23.2 Å². The van der Waals surface area contributed by atoms with E-state index >= 15 is 0 Å². The zero-order chi connectivity index (χ0) is 30.8. The van der Waals surface area contributed by atoms with Crippen molar-refractivity contribution < 1.29 is 27.5 Å². The van der Waals surface area contributed by atoms with E-state index in [1.54, 1.807) is 47.4 Å². The first-order valence-electron chi connectivity index (χ1n) is 14.1. The van der Waals surface area contributed by atoms with Crippen molar-refractivity contribution in [3.8, 4) is 11.1 Å². The number of benzene rings is 2. The standard InChI is InChI=1S/C30H29ClN6O6S/c31-25-3-1-23-16-27(4-2-22(23)15-25)44(41,42)36-9-10-37(26(20-36)17-28(38)34-11-13-43-14-12-34)30(39)29-32-18-24(19-33-29)21-5-7-35(40)8-6-21/h1-8,15-16,18-19,26H,9-14,17,20H2. The molecule has 4 aromatic rings. The van der Waals surface area contributed by atoms with E-state index in [-0.39, 0.29) is 42.7 Å². The first-order chi connectivity index (χ1) is 21.2. The molecule has 2 saturated heterocycles. The number of amides is 2. The smallest absolute Gasteiger partial charge is 0.292 e. The number of fused-ring (bicyclic) bond motifs is 1. The maximum Gasteiger partial charge on any atom is 0.292 e. The molecule has 0 spiro atoms. The van der Waals surface area contributed by atoms with Gasteiger partial charge in [-0.2, -0.15) is 9.04 Å². The van der Waals surface area contributed by atoms with Crippen LogP contribution in [0.4, 0.5) is 0 Å². The van der Waals surface area contributed by atoms with Crippen LogP contribution in [0, 0.1) is 5.21 Å². The molecule has 0 saturated carbocycles. The topological polar surface area (TPSA) is 140 Å². The van der Waals surface area contributed by atoms with Gasteiger partial charge in [-0.25, -0.2) is 18.4 Å². The average Bonchev–Trinajstić information content (AvgIpc) is 3.05. The van der Waals surface area contributed by atoms with Crippen molar-refractivity contribution in [1.82, 2.24) is 24.1 Å². The Morgan fingerprint density at radius 1 is 0.932 bits per heavy atom. The van der Waals surface area contributed by atoms with Crippen LogP contribution in [0.25, 0.3) is 21.9 Å². The minimum atomic E-state index is -3.95. The number of hydrogen-bond acceptors (Lipinski definition) is 8. The summed E-state index contributed by atoms with van der Waals surface area (Å²) in [5, 5.41) is 13.5. The molecule has 2 aromatic heterocycles. The number of carbonyl (C=O) groups excluding carboxylic acids is 2. The van der Waals surface area contributed by atoms with E-state index in [0.29, 0.717) is 47.2 Å². The third-order valence-electron chi connectivity index (χ3n) is 7.87. The van der Waals surface area contributed by atoms with Crippen molar-refractivity contribution in [2.24, 2.45) is 0 Å². The van der Waals surface area contributed by atoms with Crippen LogP contribution in [0.2, 0.25) is 5.02 Å². The van der Waals surface area contributed by atoms with Gasteiger partial charge in [-0.1, -0.05) is 23.7 Å². The molecule has 2 aromatic carbocycles. The zero-order valence-electron chi connectivity index (χ0n) is 23.6. The number of halogens is 1. The highest BCUT2D eigenvalue weighted by molar-refractivity contribution is 7.89. The minimum absolute atomic E-state index is 0.0340. The largest absolute Gasteiger partial charge is 0.619 e. The molecule has 0 bridgehead atoms. The van der Waals surface area contributed by atoms with Crippen LogP contribution in [0.15, 0.2) is 78.2 Å². The van der Waals surface area contributed by atoms with Gasteiger partial charge in [0.2, 0.25) is 21.8 Å². The van der Waals surface area contributed by atoms with Crippen molar-refractivity contribution in [1.29, 1.82) is 0 Å². The van der Waals surface area contributed by atoms with E-state index in [2.05, 4.69) is 9.97 Å². The quantitative estimate of drug-likeness (QED) is 0.232. The van der Waals surface area contributed by atoms with Crippen molar-refractivity contribution >= 4 is 44.2 Å². The van der Waals surface area contributed by atoms with E-state index < -0.39 is 22.0 Å². The van der Waals surface area contributed by atoms with Crippen LogP contribution >= 0.6 is 11.6 Å². The third kappa shape index (κ3) is 6.22. The van der Waals surface area contributed by atoms with Gasteiger partial charge in [0.05, 0.1) is 24.2 Å². The number of morpholine rings is 1. The Labute approximate surface area is 259 Å². The Balaban J connectivity index is 1.25. The molecule has 2 aliphatic heterocycles. The second kappa shape index (κ2) is 12.4. The van der Waals surface area contributed by atoms with Gasteiger partial charge in [0.15, 0.2) is 12.4 Å². The molecule has 6 rings (SSSR count). The van der Waals surface area contributed by atoms with Crippen molar-refractivity contribution in [2.45, 2.75) is 17.4 Å². The molecule has 14 heteroatoms. The Morgan fingerprint density at radius 3 is 2.34 bits per heavy atom. The Kier molecular flexibility index (Phi) is 8.45. The first kappa shape index (κ1) is 29.9. The lowest BCUT2D eigenvalue weighted by molar-refractivity contribution is -0.605. The number of piperazine rings is 1. The van der Waals surface area contributed by atoms with Crippen LogP contribution in [-0.4, -0.2) is 96.3 Å². The van der Waals surface area contributed by atoms with Gasteiger partial charge >= 0.3 is 0 Å². The van der Waals surface area contributed by atoms with Crippen LogP contribution in [0.1, 0.15) is 17.0 Å². The van der Waals surface area contributed by atoms with Crippen LogP contribution in [0.5, 0.6) is 0 Å². The maximum atomic E-state index is 13.8. The lowest BCUT2D eigenvalue weighted by atomic mass is 10.1. The number of pyridine rings is 1. The summed E-state index contributed by atoms with van der Waals surface area (Å²) in [6, 6.07) is 12.6. The fraction of sp³-hybridized carbons (Fsp3) is 0.300. The SMILES string of the molecule is O=C(CC1CN(S(=O)(=O)c2ccc3cc(Cl)ccc3c2)CCN1C(=O)c1ncc(-c2cc[n+]([O-])cc2)cn1)N1CCOCC1. The van der Waals surface area contributed by atoms with Gasteiger partial charge in [0, 0.05) is 74.3 Å². The molecule has 228 valence electrons. The molecule has 0 radical (unpaired) electrons. The van der Waals surface area contributed by atoms with E-state index in [0.717, 1.165) is 10.8 Å². The highest BCUT2D eigenvalue weighted by Crippen LogP contribution is 2.27. The summed E-state index contributed by atoms with van der Waals surface area (Å²) in [4.78, 5) is 38.8. The summed E-state index contributed by atoms with van der Waals surface area (Å²) in [7, 11) is -3.95. The summed E-state index contributed by atoms with van der Waals surface area (Å²) in [6.45, 7) is 1.71. The number of ether oxygens (including phenoxy) is 1. The monoisotopic (exact) mass is 636 g/mol. The Morgan fingerprint density at radius 2 is 1.61 bits per heavy atom. The Bertz CT molecular complexity index is 1800. The molecule has 44 heavy (non-hydrogen) atoms. The summed E-state index contributed by atoms with van der Waals surface area (Å²) in [6.07, 6.45) is 5.63. The number of rotatable bonds is 6. The van der Waals surface area contributed by atoms with Gasteiger partial charge in [0.1, 0.15) is 0 Å². The van der Waals surface area contributed by atoms with Crippen LogP contribution in [-0.2, 0) is 19.6 Å². The molecule has 0 aliphatic carbocycles. The highest BCUT2D eigenvalue weighted by atomic mass is 35.5. The van der Waals surface area contributed by atoms with Crippen LogP contribution in [0.3, 0.4) is 0 Å². The first-order valence-corrected chi connectivity index (χ1v) is 15.9. The van der Waals surface area contributed by atoms with Gasteiger partial charge in [-0.05, 0) is 40.6 Å². The molecular weight excluding hydrogens is 608 g/mol. The predicted molar refractivity (Wildman–Crippen MR) is 161 cm³/mol. The number of sulfonamides is 1. The number of aromatic nitrogens is 3. The van der Waals surface area contributed by atoms with Crippen LogP contribution < -0.4 is 4.73 Å². The Hall–Kier alpha value is -4.17. The highest BCUT2D eigenvalue weighted by Gasteiger charge is 2.39. The van der Waals surface area contributed by atoms with Gasteiger partial charge < -0.3 is 19.7 Å². The molecule has 12 nitrogen and oxygen atoms in total. The summed E-state index contributed by atoms with van der Waals surface area (Å²) in [5.74, 6) is -0.757. The number of carbonyl (C=O) groups is 2. The van der Waals surface area contributed by atoms with E-state index in [1.807, 2.05) is 0 Å². The molecule has 4 heterocycles. The van der Waals surface area contributed by atoms with Gasteiger partial charge in [-0.15, -0.1) is 0 Å². The molecule has 0 N–H and O–H groups in total. The lowest BCUT2D eigenvalue weighted by Gasteiger charge is -2.41. The third-order valence-corrected chi connectivity index (χ3v) is 9.97. The summed E-state index contributed by atoms with van der Waals surface area (Å²) < 4.78 is 35.0. The van der Waals surface area contributed by atoms with E-state index in [4.69, 9.17) is 16.3 Å². The fourth-order valence-corrected chi connectivity index (χ4v) is 7.14. The second-order valence-corrected chi connectivity index (χ2v) is 13.0. The normalized spacial score (nSPS) is 18.0. The lowest BCUT2D eigenvalue weighted by Crippen LogP contribution is -2.58. The van der Waals surface area contributed by atoms with Crippen molar-refractivity contribution in [2.75, 3.05) is 45.9 Å². The number of hydrogen-bond donors (Lipinski definition) is 0. The van der Waals surface area contributed by atoms with Crippen molar-refractivity contribution in [3.63, 3.8) is 0 Å². The van der Waals surface area contributed by atoms with E-state index in [1.165, 1.54) is 40.1 Å². The average molecular weight is 637 g/mol. The minimum Gasteiger partial charge on any atom is -0.619 e. The molecular formula is C30H29ClN6O6S. The zero-order valence-corrected chi connectivity index (χ0v) is 25.2. The molecule has 1 atom stereocenters. The molecule has 2 fully saturated rings. The number of nitrogens with zero attached hydrogens (tertiary/aromatic N) is 6. The fourth-order valence-electron chi connectivity index (χ4n) is 5.46. The summed E-state index contributed by atoms with van der Waals surface area (Å²) in [5.41, 5.74) is 1.33.